The Kier molecular flexibility index (Phi) is 4.30. The van der Waals surface area contributed by atoms with Crippen LogP contribution in [0.15, 0.2) is 67.1 Å². The van der Waals surface area contributed by atoms with Crippen molar-refractivity contribution in [3.63, 3.8) is 0 Å². The fourth-order valence-electron chi connectivity index (χ4n) is 5.72. The summed E-state index contributed by atoms with van der Waals surface area (Å²) >= 11 is 0. The molecule has 5 aromatic rings. The molecule has 0 radical (unpaired) electrons. The zero-order valence-corrected chi connectivity index (χ0v) is 19.5. The molecule has 2 aliphatic rings. The van der Waals surface area contributed by atoms with E-state index in [0.29, 0.717) is 12.3 Å². The second kappa shape index (κ2) is 7.43. The van der Waals surface area contributed by atoms with E-state index in [2.05, 4.69) is 33.2 Å². The van der Waals surface area contributed by atoms with E-state index in [1.54, 1.807) is 6.33 Å². The number of aromatic nitrogens is 4. The number of H-pyrrole nitrogens is 1. The molecule has 5 heterocycles. The van der Waals surface area contributed by atoms with Crippen molar-refractivity contribution in [1.82, 2.24) is 24.4 Å². The van der Waals surface area contributed by atoms with Crippen LogP contribution in [0.3, 0.4) is 0 Å². The van der Waals surface area contributed by atoms with Gasteiger partial charge in [0.25, 0.3) is 5.91 Å². The van der Waals surface area contributed by atoms with Crippen molar-refractivity contribution >= 4 is 28.0 Å². The molecular formula is C28H25N5O2. The Bertz CT molecular complexity index is 1610. The second-order valence-electron chi connectivity index (χ2n) is 9.73. The number of carbonyl (C=O) groups excluding carboxylic acids is 1. The first-order valence-corrected chi connectivity index (χ1v) is 12.0. The van der Waals surface area contributed by atoms with Crippen molar-refractivity contribution in [1.29, 1.82) is 0 Å². The minimum absolute atomic E-state index is 0.0259. The van der Waals surface area contributed by atoms with Gasteiger partial charge in [-0.3, -0.25) is 4.79 Å². The Morgan fingerprint density at radius 1 is 1.06 bits per heavy atom. The SMILES string of the molecule is Cn1cnc2cc(-c3cccc4cc(C(=O)N5CCC6(CC5)COc5ccccc56)[nH]c34)cnc21. The van der Waals surface area contributed by atoms with Gasteiger partial charge in [0.1, 0.15) is 17.0 Å². The molecule has 0 saturated carbocycles. The van der Waals surface area contributed by atoms with Gasteiger partial charge in [-0.05, 0) is 31.0 Å². The Labute approximate surface area is 202 Å². The lowest BCUT2D eigenvalue weighted by Crippen LogP contribution is -2.46. The Morgan fingerprint density at radius 2 is 1.91 bits per heavy atom. The summed E-state index contributed by atoms with van der Waals surface area (Å²) in [6.45, 7) is 2.15. The number of amides is 1. The zero-order valence-electron chi connectivity index (χ0n) is 19.5. The standard InChI is InChI=1S/C28H25N5O2/c1-32-17-30-22-14-19(15-29-26(22)32)20-6-4-5-18-13-23(31-25(18)20)27(34)33-11-9-28(10-12-33)16-35-24-8-3-2-7-21(24)28/h2-8,13-15,17,31H,9-12,16H2,1H3. The van der Waals surface area contributed by atoms with Crippen molar-refractivity contribution in [2.24, 2.45) is 7.05 Å². The minimum Gasteiger partial charge on any atom is -0.492 e. The molecule has 0 bridgehead atoms. The van der Waals surface area contributed by atoms with Gasteiger partial charge in [0, 0.05) is 53.8 Å². The third-order valence-corrected chi connectivity index (χ3v) is 7.72. The highest BCUT2D eigenvalue weighted by Gasteiger charge is 2.43. The Hall–Kier alpha value is -4.13. The van der Waals surface area contributed by atoms with E-state index < -0.39 is 0 Å². The molecule has 1 N–H and O–H groups in total. The number of hydrogen-bond acceptors (Lipinski definition) is 4. The van der Waals surface area contributed by atoms with Crippen LogP contribution in [0.1, 0.15) is 28.9 Å². The predicted molar refractivity (Wildman–Crippen MR) is 135 cm³/mol. The van der Waals surface area contributed by atoms with Crippen LogP contribution in [0.2, 0.25) is 0 Å². The van der Waals surface area contributed by atoms with Crippen molar-refractivity contribution in [2.45, 2.75) is 18.3 Å². The monoisotopic (exact) mass is 463 g/mol. The first kappa shape index (κ1) is 20.3. The topological polar surface area (TPSA) is 76.0 Å². The molecule has 2 aromatic carbocycles. The van der Waals surface area contributed by atoms with Crippen LogP contribution < -0.4 is 4.74 Å². The molecule has 7 heteroatoms. The van der Waals surface area contributed by atoms with Gasteiger partial charge in [-0.15, -0.1) is 0 Å². The van der Waals surface area contributed by atoms with E-state index in [9.17, 15) is 4.79 Å². The average molecular weight is 464 g/mol. The zero-order chi connectivity index (χ0) is 23.6. The molecular weight excluding hydrogens is 438 g/mol. The quantitative estimate of drug-likeness (QED) is 0.412. The van der Waals surface area contributed by atoms with E-state index in [-0.39, 0.29) is 11.3 Å². The predicted octanol–water partition coefficient (Wildman–Crippen LogP) is 4.68. The van der Waals surface area contributed by atoms with Gasteiger partial charge < -0.3 is 19.2 Å². The molecule has 1 saturated heterocycles. The lowest BCUT2D eigenvalue weighted by molar-refractivity contribution is 0.0642. The number of hydrogen-bond donors (Lipinski definition) is 1. The molecule has 3 aromatic heterocycles. The van der Waals surface area contributed by atoms with Crippen molar-refractivity contribution in [3.05, 3.63) is 78.4 Å². The van der Waals surface area contributed by atoms with E-state index in [1.807, 2.05) is 59.1 Å². The average Bonchev–Trinajstić information content (AvgIpc) is 3.60. The van der Waals surface area contributed by atoms with E-state index >= 15 is 0 Å². The number of nitrogens with one attached hydrogen (secondary N) is 1. The van der Waals surface area contributed by atoms with Gasteiger partial charge in [-0.2, -0.15) is 0 Å². The smallest absolute Gasteiger partial charge is 0.270 e. The summed E-state index contributed by atoms with van der Waals surface area (Å²) in [7, 11) is 1.94. The lowest BCUT2D eigenvalue weighted by Gasteiger charge is -2.38. The molecule has 174 valence electrons. The first-order valence-electron chi connectivity index (χ1n) is 12.0. The number of rotatable bonds is 2. The molecule has 1 spiro atoms. The van der Waals surface area contributed by atoms with Gasteiger partial charge in [-0.1, -0.05) is 36.4 Å². The van der Waals surface area contributed by atoms with Gasteiger partial charge in [0.2, 0.25) is 0 Å². The number of benzene rings is 2. The molecule has 7 nitrogen and oxygen atoms in total. The van der Waals surface area contributed by atoms with Crippen LogP contribution >= 0.6 is 0 Å². The molecule has 0 aliphatic carbocycles. The molecule has 35 heavy (non-hydrogen) atoms. The molecule has 1 fully saturated rings. The third-order valence-electron chi connectivity index (χ3n) is 7.72. The molecule has 0 atom stereocenters. The minimum atomic E-state index is 0.0259. The van der Waals surface area contributed by atoms with E-state index in [0.717, 1.165) is 64.9 Å². The van der Waals surface area contributed by atoms with Crippen molar-refractivity contribution < 1.29 is 9.53 Å². The summed E-state index contributed by atoms with van der Waals surface area (Å²) in [6.07, 6.45) is 5.47. The van der Waals surface area contributed by atoms with Crippen LogP contribution in [0, 0.1) is 0 Å². The van der Waals surface area contributed by atoms with Crippen LogP contribution in [0.5, 0.6) is 5.75 Å². The van der Waals surface area contributed by atoms with E-state index in [4.69, 9.17) is 4.74 Å². The van der Waals surface area contributed by atoms with Gasteiger partial charge in [0.15, 0.2) is 5.65 Å². The summed E-state index contributed by atoms with van der Waals surface area (Å²) < 4.78 is 7.88. The van der Waals surface area contributed by atoms with Crippen LogP contribution in [-0.2, 0) is 12.5 Å². The van der Waals surface area contributed by atoms with Crippen LogP contribution in [0.25, 0.3) is 33.2 Å². The fourth-order valence-corrected chi connectivity index (χ4v) is 5.72. The maximum absolute atomic E-state index is 13.5. The number of piperidine rings is 1. The van der Waals surface area contributed by atoms with Crippen LogP contribution in [0.4, 0.5) is 0 Å². The number of likely N-dealkylation sites (tertiary alicyclic amines) is 1. The maximum atomic E-state index is 13.5. The number of ether oxygens (including phenoxy) is 1. The lowest BCUT2D eigenvalue weighted by atomic mass is 9.74. The summed E-state index contributed by atoms with van der Waals surface area (Å²) in [5.41, 5.74) is 6.57. The largest absolute Gasteiger partial charge is 0.492 e. The van der Waals surface area contributed by atoms with Crippen molar-refractivity contribution in [2.75, 3.05) is 19.7 Å². The highest BCUT2D eigenvalue weighted by Crippen LogP contribution is 2.45. The second-order valence-corrected chi connectivity index (χ2v) is 9.73. The first-order chi connectivity index (χ1) is 17.1. The summed E-state index contributed by atoms with van der Waals surface area (Å²) in [4.78, 5) is 27.9. The van der Waals surface area contributed by atoms with Gasteiger partial charge in [0.05, 0.1) is 18.5 Å². The number of para-hydroxylation sites is 2. The number of imidazole rings is 1. The number of aromatic amines is 1. The number of carbonyl (C=O) groups is 1. The summed E-state index contributed by atoms with van der Waals surface area (Å²) in [5, 5.41) is 1.01. The van der Waals surface area contributed by atoms with Crippen LogP contribution in [-0.4, -0.2) is 50.0 Å². The van der Waals surface area contributed by atoms with Crippen molar-refractivity contribution in [3.8, 4) is 16.9 Å². The molecule has 7 rings (SSSR count). The third kappa shape index (κ3) is 3.07. The Balaban J connectivity index is 1.17. The number of pyridine rings is 1. The molecule has 2 aliphatic heterocycles. The number of fused-ring (bicyclic) bond motifs is 4. The van der Waals surface area contributed by atoms with Gasteiger partial charge >= 0.3 is 0 Å². The highest BCUT2D eigenvalue weighted by molar-refractivity contribution is 6.02. The number of aryl methyl sites for hydroxylation is 1. The highest BCUT2D eigenvalue weighted by atomic mass is 16.5. The summed E-state index contributed by atoms with van der Waals surface area (Å²) in [6, 6.07) is 18.4. The van der Waals surface area contributed by atoms with Gasteiger partial charge in [-0.25, -0.2) is 9.97 Å². The van der Waals surface area contributed by atoms with E-state index in [1.165, 1.54) is 5.56 Å². The summed E-state index contributed by atoms with van der Waals surface area (Å²) in [5.74, 6) is 1.04. The normalized spacial score (nSPS) is 16.7. The number of nitrogens with zero attached hydrogens (tertiary/aromatic N) is 4. The fraction of sp³-hybridized carbons (Fsp3) is 0.250. The Morgan fingerprint density at radius 3 is 2.80 bits per heavy atom. The maximum Gasteiger partial charge on any atom is 0.270 e. The molecule has 1 amide bonds. The molecule has 0 unspecified atom stereocenters.